The lowest BCUT2D eigenvalue weighted by atomic mass is 10.0. The fourth-order valence-corrected chi connectivity index (χ4v) is 9.02. The first-order valence-corrected chi connectivity index (χ1v) is 28.4. The molecule has 0 heterocycles. The van der Waals surface area contributed by atoms with E-state index in [1.165, 1.54) is 218 Å². The first kappa shape index (κ1) is 61.6. The molecule has 0 saturated carbocycles. The second-order valence-corrected chi connectivity index (χ2v) is 19.7. The van der Waals surface area contributed by atoms with E-state index in [4.69, 9.17) is 4.74 Å². The second-order valence-electron chi connectivity index (χ2n) is 19.7. The van der Waals surface area contributed by atoms with Gasteiger partial charge in [-0.05, 0) is 44.9 Å². The van der Waals surface area contributed by atoms with Crippen molar-refractivity contribution in [2.75, 3.05) is 6.61 Å². The van der Waals surface area contributed by atoms with Gasteiger partial charge in [-0.25, -0.2) is 0 Å². The molecule has 0 aliphatic rings. The summed E-state index contributed by atoms with van der Waals surface area (Å²) in [5.41, 5.74) is 0. The molecule has 0 rings (SSSR count). The van der Waals surface area contributed by atoms with Crippen LogP contribution in [0.2, 0.25) is 0 Å². The fourth-order valence-electron chi connectivity index (χ4n) is 9.02. The molecule has 63 heavy (non-hydrogen) atoms. The predicted octanol–water partition coefficient (Wildman–Crippen LogP) is 17.3. The van der Waals surface area contributed by atoms with Crippen LogP contribution in [0.1, 0.15) is 316 Å². The van der Waals surface area contributed by atoms with Crippen LogP contribution in [0.5, 0.6) is 0 Å². The van der Waals surface area contributed by atoms with Gasteiger partial charge in [-0.2, -0.15) is 0 Å². The van der Waals surface area contributed by atoms with Crippen molar-refractivity contribution in [1.82, 2.24) is 5.32 Å². The first-order valence-electron chi connectivity index (χ1n) is 28.4. The average Bonchev–Trinajstić information content (AvgIpc) is 3.28. The zero-order chi connectivity index (χ0) is 45.9. The number of carbonyl (C=O) groups excluding carboxylic acids is 2. The van der Waals surface area contributed by atoms with E-state index in [1.54, 1.807) is 0 Å². The summed E-state index contributed by atoms with van der Waals surface area (Å²) >= 11 is 0. The first-order chi connectivity index (χ1) is 31.0. The summed E-state index contributed by atoms with van der Waals surface area (Å²) in [6, 6.07) is -0.704. The normalized spacial score (nSPS) is 13.2. The summed E-state index contributed by atoms with van der Waals surface area (Å²) in [6.45, 7) is 6.51. The van der Waals surface area contributed by atoms with Crippen molar-refractivity contribution >= 4 is 11.9 Å². The SMILES string of the molecule is CCCCCCCC/C=C\CCCC(CC(=O)NC(CO)C(O)CCCCCCCCCCCCCCCCCC)OC(=O)CCCCCCCCCCCCCCCCCCC. The van der Waals surface area contributed by atoms with E-state index < -0.39 is 18.2 Å². The number of aliphatic hydroxyl groups is 2. The van der Waals surface area contributed by atoms with Gasteiger partial charge in [-0.1, -0.05) is 270 Å². The van der Waals surface area contributed by atoms with Crippen LogP contribution in [0.15, 0.2) is 12.2 Å². The number of hydrogen-bond donors (Lipinski definition) is 3. The zero-order valence-electron chi connectivity index (χ0n) is 42.7. The summed E-state index contributed by atoms with van der Waals surface area (Å²) in [4.78, 5) is 26.2. The highest BCUT2D eigenvalue weighted by Gasteiger charge is 2.24. The van der Waals surface area contributed by atoms with Crippen molar-refractivity contribution in [1.29, 1.82) is 0 Å². The number of aliphatic hydroxyl groups excluding tert-OH is 2. The highest BCUT2D eigenvalue weighted by Crippen LogP contribution is 2.18. The van der Waals surface area contributed by atoms with Crippen molar-refractivity contribution < 1.29 is 24.5 Å². The number of allylic oxidation sites excluding steroid dienone is 2. The van der Waals surface area contributed by atoms with E-state index in [9.17, 15) is 19.8 Å². The van der Waals surface area contributed by atoms with E-state index >= 15 is 0 Å². The fraction of sp³-hybridized carbons (Fsp3) is 0.930. The van der Waals surface area contributed by atoms with Gasteiger partial charge >= 0.3 is 5.97 Å². The number of nitrogens with one attached hydrogen (secondary N) is 1. The third-order valence-electron chi connectivity index (χ3n) is 13.3. The van der Waals surface area contributed by atoms with Crippen LogP contribution in [-0.2, 0) is 14.3 Å². The van der Waals surface area contributed by atoms with Gasteiger partial charge < -0.3 is 20.3 Å². The molecule has 0 aliphatic heterocycles. The maximum atomic E-state index is 13.2. The molecule has 6 heteroatoms. The van der Waals surface area contributed by atoms with E-state index in [2.05, 4.69) is 38.2 Å². The smallest absolute Gasteiger partial charge is 0.306 e. The van der Waals surface area contributed by atoms with Crippen LogP contribution in [0.4, 0.5) is 0 Å². The Balaban J connectivity index is 4.44. The molecule has 374 valence electrons. The molecule has 0 aromatic rings. The van der Waals surface area contributed by atoms with Gasteiger partial charge in [0.2, 0.25) is 5.91 Å². The third kappa shape index (κ3) is 46.9. The van der Waals surface area contributed by atoms with Gasteiger partial charge in [-0.15, -0.1) is 0 Å². The molecule has 0 bridgehead atoms. The average molecular weight is 891 g/mol. The van der Waals surface area contributed by atoms with Crippen LogP contribution >= 0.6 is 0 Å². The predicted molar refractivity (Wildman–Crippen MR) is 273 cm³/mol. The number of carbonyl (C=O) groups is 2. The quantitative estimate of drug-likeness (QED) is 0.0321. The molecule has 0 radical (unpaired) electrons. The Morgan fingerprint density at radius 3 is 1.16 bits per heavy atom. The summed E-state index contributed by atoms with van der Waals surface area (Å²) in [6.07, 6.45) is 58.6. The second kappa shape index (κ2) is 51.6. The molecule has 0 saturated heterocycles. The number of amides is 1. The molecule has 3 N–H and O–H groups in total. The zero-order valence-corrected chi connectivity index (χ0v) is 42.7. The summed E-state index contributed by atoms with van der Waals surface area (Å²) in [5.74, 6) is -0.482. The Labute approximate surface area is 393 Å². The highest BCUT2D eigenvalue weighted by atomic mass is 16.5. The molecule has 0 spiro atoms. The molecule has 0 aromatic carbocycles. The number of hydrogen-bond acceptors (Lipinski definition) is 5. The maximum absolute atomic E-state index is 13.2. The summed E-state index contributed by atoms with van der Waals surface area (Å²) in [7, 11) is 0. The van der Waals surface area contributed by atoms with E-state index in [-0.39, 0.29) is 24.9 Å². The van der Waals surface area contributed by atoms with E-state index in [0.29, 0.717) is 19.3 Å². The lowest BCUT2D eigenvalue weighted by Crippen LogP contribution is -2.46. The topological polar surface area (TPSA) is 95.9 Å². The van der Waals surface area contributed by atoms with Crippen molar-refractivity contribution in [3.63, 3.8) is 0 Å². The largest absolute Gasteiger partial charge is 0.462 e. The minimum Gasteiger partial charge on any atom is -0.462 e. The van der Waals surface area contributed by atoms with Gasteiger partial charge in [0.25, 0.3) is 0 Å². The van der Waals surface area contributed by atoms with Gasteiger partial charge in [-0.3, -0.25) is 9.59 Å². The van der Waals surface area contributed by atoms with Gasteiger partial charge in [0.05, 0.1) is 25.2 Å². The maximum Gasteiger partial charge on any atom is 0.306 e. The Hall–Kier alpha value is -1.40. The Bertz CT molecular complexity index is 955. The molecule has 0 aromatic heterocycles. The Morgan fingerprint density at radius 2 is 0.778 bits per heavy atom. The molecule has 6 nitrogen and oxygen atoms in total. The Morgan fingerprint density at radius 1 is 0.444 bits per heavy atom. The minimum absolute atomic E-state index is 0.0640. The van der Waals surface area contributed by atoms with Gasteiger partial charge in [0, 0.05) is 6.42 Å². The summed E-state index contributed by atoms with van der Waals surface area (Å²) in [5, 5.41) is 23.8. The van der Waals surface area contributed by atoms with Crippen LogP contribution < -0.4 is 5.32 Å². The standard InChI is InChI=1S/C57H111NO5/c1-4-7-10-13-16-19-22-24-26-28-30-32-35-38-41-44-47-50-57(62)63-53(48-45-42-39-36-33-21-18-15-12-9-6-3)51-56(61)58-54(52-59)55(60)49-46-43-40-37-34-31-29-27-25-23-20-17-14-11-8-5-2/h36,39,53-55,59-60H,4-35,37-38,40-52H2,1-3H3,(H,58,61)/b39-36-. The highest BCUT2D eigenvalue weighted by molar-refractivity contribution is 5.77. The van der Waals surface area contributed by atoms with Crippen molar-refractivity contribution in [2.24, 2.45) is 0 Å². The van der Waals surface area contributed by atoms with Gasteiger partial charge in [0.15, 0.2) is 0 Å². The monoisotopic (exact) mass is 890 g/mol. The molecular formula is C57H111NO5. The molecule has 3 unspecified atom stereocenters. The van der Waals surface area contributed by atoms with Crippen LogP contribution in [0.25, 0.3) is 0 Å². The van der Waals surface area contributed by atoms with E-state index in [0.717, 1.165) is 51.4 Å². The number of esters is 1. The van der Waals surface area contributed by atoms with Crippen molar-refractivity contribution in [3.8, 4) is 0 Å². The molecule has 3 atom stereocenters. The lowest BCUT2D eigenvalue weighted by molar-refractivity contribution is -0.151. The number of ether oxygens (including phenoxy) is 1. The molecular weight excluding hydrogens is 779 g/mol. The number of unbranched alkanes of at least 4 members (excludes halogenated alkanes) is 38. The van der Waals surface area contributed by atoms with E-state index in [1.807, 2.05) is 0 Å². The lowest BCUT2D eigenvalue weighted by Gasteiger charge is -2.24. The molecule has 0 fully saturated rings. The van der Waals surface area contributed by atoms with Crippen molar-refractivity contribution in [2.45, 2.75) is 334 Å². The van der Waals surface area contributed by atoms with Crippen LogP contribution in [0.3, 0.4) is 0 Å². The van der Waals surface area contributed by atoms with Gasteiger partial charge in [0.1, 0.15) is 6.10 Å². The summed E-state index contributed by atoms with van der Waals surface area (Å²) < 4.78 is 5.93. The van der Waals surface area contributed by atoms with Crippen molar-refractivity contribution in [3.05, 3.63) is 12.2 Å². The molecule has 0 aliphatic carbocycles. The van der Waals surface area contributed by atoms with Crippen LogP contribution in [0, 0.1) is 0 Å². The van der Waals surface area contributed by atoms with Crippen LogP contribution in [-0.4, -0.2) is 46.9 Å². The minimum atomic E-state index is -0.789. The third-order valence-corrected chi connectivity index (χ3v) is 13.3. The Kier molecular flexibility index (Phi) is 50.4. The number of rotatable bonds is 52. The molecule has 1 amide bonds.